The molecule has 1 unspecified atom stereocenters. The average molecular weight is 325 g/mol. The number of primary amides is 1. The molecular formula is C15H23N3O3S. The van der Waals surface area contributed by atoms with Crippen molar-refractivity contribution in [1.29, 1.82) is 0 Å². The third-order valence-electron chi connectivity index (χ3n) is 4.03. The van der Waals surface area contributed by atoms with Crippen LogP contribution in [0.2, 0.25) is 0 Å². The zero-order valence-corrected chi connectivity index (χ0v) is 13.6. The highest BCUT2D eigenvalue weighted by Crippen LogP contribution is 2.16. The number of nitrogens with one attached hydrogen (secondary N) is 2. The summed E-state index contributed by atoms with van der Waals surface area (Å²) in [7, 11) is -3.61. The van der Waals surface area contributed by atoms with Crippen LogP contribution in [0.5, 0.6) is 0 Å². The Morgan fingerprint density at radius 2 is 2.23 bits per heavy atom. The van der Waals surface area contributed by atoms with Crippen LogP contribution in [0, 0.1) is 12.8 Å². The van der Waals surface area contributed by atoms with Gasteiger partial charge in [0.25, 0.3) is 0 Å². The third kappa shape index (κ3) is 4.28. The van der Waals surface area contributed by atoms with Gasteiger partial charge in [-0.3, -0.25) is 4.79 Å². The van der Waals surface area contributed by atoms with Gasteiger partial charge in [-0.05, 0) is 62.9 Å². The average Bonchev–Trinajstić information content (AvgIpc) is 2.48. The minimum Gasteiger partial charge on any atom is -0.366 e. The van der Waals surface area contributed by atoms with Gasteiger partial charge in [0.2, 0.25) is 15.9 Å². The molecular weight excluding hydrogens is 302 g/mol. The number of aryl methyl sites for hydroxylation is 1. The Kier molecular flexibility index (Phi) is 5.55. The van der Waals surface area contributed by atoms with Gasteiger partial charge in [-0.25, -0.2) is 13.1 Å². The Morgan fingerprint density at radius 3 is 2.86 bits per heavy atom. The fourth-order valence-corrected chi connectivity index (χ4v) is 3.76. The molecule has 0 spiro atoms. The van der Waals surface area contributed by atoms with E-state index in [2.05, 4.69) is 10.0 Å². The lowest BCUT2D eigenvalue weighted by molar-refractivity contribution is 0.0999. The topological polar surface area (TPSA) is 101 Å². The standard InChI is InChI=1S/C15H23N3O3S/c1-11-4-5-13(9-14(11)15(16)19)22(20,21)18-8-6-12-3-2-7-17-10-12/h4-5,9,12,17-18H,2-3,6-8,10H2,1H3,(H2,16,19). The second-order valence-electron chi connectivity index (χ2n) is 5.74. The van der Waals surface area contributed by atoms with E-state index in [-0.39, 0.29) is 10.5 Å². The van der Waals surface area contributed by atoms with Crippen LogP contribution in [-0.2, 0) is 10.0 Å². The van der Waals surface area contributed by atoms with Crippen molar-refractivity contribution in [2.24, 2.45) is 11.7 Å². The summed E-state index contributed by atoms with van der Waals surface area (Å²) in [5.74, 6) is -0.113. The molecule has 1 atom stereocenters. The number of amides is 1. The summed E-state index contributed by atoms with van der Waals surface area (Å²) in [6.07, 6.45) is 3.07. The van der Waals surface area contributed by atoms with Crippen molar-refractivity contribution < 1.29 is 13.2 Å². The van der Waals surface area contributed by atoms with Gasteiger partial charge >= 0.3 is 0 Å². The monoisotopic (exact) mass is 325 g/mol. The third-order valence-corrected chi connectivity index (χ3v) is 5.49. The molecule has 122 valence electrons. The molecule has 4 N–H and O–H groups in total. The molecule has 22 heavy (non-hydrogen) atoms. The number of benzene rings is 1. The summed E-state index contributed by atoms with van der Waals surface area (Å²) in [5.41, 5.74) is 6.17. The number of rotatable bonds is 6. The van der Waals surface area contributed by atoms with Crippen molar-refractivity contribution in [2.45, 2.75) is 31.1 Å². The maximum atomic E-state index is 12.3. The smallest absolute Gasteiger partial charge is 0.249 e. The lowest BCUT2D eigenvalue weighted by Gasteiger charge is -2.22. The second kappa shape index (κ2) is 7.21. The molecule has 1 aliphatic heterocycles. The van der Waals surface area contributed by atoms with Gasteiger partial charge in [0.1, 0.15) is 0 Å². The van der Waals surface area contributed by atoms with Crippen LogP contribution in [0.3, 0.4) is 0 Å². The number of carbonyl (C=O) groups excluding carboxylic acids is 1. The van der Waals surface area contributed by atoms with Crippen LogP contribution in [0.1, 0.15) is 35.2 Å². The zero-order chi connectivity index (χ0) is 16.2. The maximum Gasteiger partial charge on any atom is 0.249 e. The van der Waals surface area contributed by atoms with Gasteiger partial charge < -0.3 is 11.1 Å². The summed E-state index contributed by atoms with van der Waals surface area (Å²) in [6, 6.07) is 4.42. The van der Waals surface area contributed by atoms with Gasteiger partial charge in [-0.2, -0.15) is 0 Å². The number of hydrogen-bond acceptors (Lipinski definition) is 4. The largest absolute Gasteiger partial charge is 0.366 e. The Labute approximate surface area is 131 Å². The molecule has 1 saturated heterocycles. The van der Waals surface area contributed by atoms with E-state index in [9.17, 15) is 13.2 Å². The predicted octanol–water partition coefficient (Wildman–Crippen LogP) is 0.762. The van der Waals surface area contributed by atoms with Crippen molar-refractivity contribution in [3.05, 3.63) is 29.3 Å². The molecule has 1 aliphatic rings. The lowest BCUT2D eigenvalue weighted by atomic mass is 9.96. The first kappa shape index (κ1) is 16.9. The molecule has 0 saturated carbocycles. The summed E-state index contributed by atoms with van der Waals surface area (Å²) in [5, 5.41) is 3.31. The summed E-state index contributed by atoms with van der Waals surface area (Å²) in [6.45, 7) is 4.11. The molecule has 0 bridgehead atoms. The molecule has 0 radical (unpaired) electrons. The van der Waals surface area contributed by atoms with Crippen molar-refractivity contribution in [3.8, 4) is 0 Å². The van der Waals surface area contributed by atoms with Crippen LogP contribution in [0.4, 0.5) is 0 Å². The minimum absolute atomic E-state index is 0.0775. The SMILES string of the molecule is Cc1ccc(S(=O)(=O)NCCC2CCCNC2)cc1C(N)=O. The highest BCUT2D eigenvalue weighted by molar-refractivity contribution is 7.89. The maximum absolute atomic E-state index is 12.3. The van der Waals surface area contributed by atoms with Crippen LogP contribution in [-0.4, -0.2) is 34.0 Å². The second-order valence-corrected chi connectivity index (χ2v) is 7.51. The van der Waals surface area contributed by atoms with E-state index in [4.69, 9.17) is 5.73 Å². The molecule has 1 amide bonds. The van der Waals surface area contributed by atoms with Crippen LogP contribution < -0.4 is 15.8 Å². The fourth-order valence-electron chi connectivity index (χ4n) is 2.68. The number of carbonyl (C=O) groups is 1. The quantitative estimate of drug-likeness (QED) is 0.719. The van der Waals surface area contributed by atoms with Gasteiger partial charge in [0, 0.05) is 12.1 Å². The molecule has 2 rings (SSSR count). The van der Waals surface area contributed by atoms with Crippen molar-refractivity contribution in [3.63, 3.8) is 0 Å². The van der Waals surface area contributed by atoms with Crippen LogP contribution in [0.15, 0.2) is 23.1 Å². The fraction of sp³-hybridized carbons (Fsp3) is 0.533. The Balaban J connectivity index is 2.00. The predicted molar refractivity (Wildman–Crippen MR) is 85.1 cm³/mol. The van der Waals surface area contributed by atoms with E-state index in [1.54, 1.807) is 13.0 Å². The summed E-state index contributed by atoms with van der Waals surface area (Å²) >= 11 is 0. The highest BCUT2D eigenvalue weighted by Gasteiger charge is 2.18. The minimum atomic E-state index is -3.61. The van der Waals surface area contributed by atoms with Crippen molar-refractivity contribution in [1.82, 2.24) is 10.0 Å². The normalized spacial score (nSPS) is 19.0. The Bertz CT molecular complexity index is 637. The molecule has 7 heteroatoms. The van der Waals surface area contributed by atoms with Gasteiger partial charge in [-0.1, -0.05) is 6.07 Å². The molecule has 0 aliphatic carbocycles. The Hall–Kier alpha value is -1.44. The first-order valence-electron chi connectivity index (χ1n) is 7.51. The number of hydrogen-bond donors (Lipinski definition) is 3. The van der Waals surface area contributed by atoms with Crippen LogP contribution in [0.25, 0.3) is 0 Å². The molecule has 1 aromatic rings. The lowest BCUT2D eigenvalue weighted by Crippen LogP contribution is -2.33. The highest BCUT2D eigenvalue weighted by atomic mass is 32.2. The summed E-state index contributed by atoms with van der Waals surface area (Å²) < 4.78 is 27.2. The number of nitrogens with two attached hydrogens (primary N) is 1. The van der Waals surface area contributed by atoms with E-state index >= 15 is 0 Å². The molecule has 1 heterocycles. The first-order chi connectivity index (χ1) is 10.4. The van der Waals surface area contributed by atoms with Gasteiger partial charge in [-0.15, -0.1) is 0 Å². The van der Waals surface area contributed by atoms with Gasteiger partial charge in [0.05, 0.1) is 4.90 Å². The van der Waals surface area contributed by atoms with E-state index in [0.29, 0.717) is 18.0 Å². The van der Waals surface area contributed by atoms with Crippen molar-refractivity contribution in [2.75, 3.05) is 19.6 Å². The number of piperidine rings is 1. The van der Waals surface area contributed by atoms with E-state index in [1.807, 2.05) is 0 Å². The number of sulfonamides is 1. The Morgan fingerprint density at radius 1 is 1.45 bits per heavy atom. The molecule has 1 aromatic carbocycles. The summed E-state index contributed by atoms with van der Waals surface area (Å²) in [4.78, 5) is 11.4. The van der Waals surface area contributed by atoms with E-state index in [0.717, 1.165) is 32.4 Å². The molecule has 6 nitrogen and oxygen atoms in total. The van der Waals surface area contributed by atoms with Crippen LogP contribution >= 0.6 is 0 Å². The zero-order valence-electron chi connectivity index (χ0n) is 12.8. The molecule has 1 fully saturated rings. The van der Waals surface area contributed by atoms with Gasteiger partial charge in [0.15, 0.2) is 0 Å². The molecule has 0 aromatic heterocycles. The van der Waals surface area contributed by atoms with Crippen molar-refractivity contribution >= 4 is 15.9 Å². The van der Waals surface area contributed by atoms with E-state index in [1.165, 1.54) is 12.1 Å². The van der Waals surface area contributed by atoms with E-state index < -0.39 is 15.9 Å². The first-order valence-corrected chi connectivity index (χ1v) is 8.99.